The molecule has 2 rings (SSSR count). The molecule has 1 aliphatic rings. The Kier molecular flexibility index (Phi) is 5.20. The van der Waals surface area contributed by atoms with Crippen molar-refractivity contribution in [1.82, 2.24) is 5.32 Å². The summed E-state index contributed by atoms with van der Waals surface area (Å²) in [5.41, 5.74) is 0.641. The molecule has 0 aliphatic heterocycles. The van der Waals surface area contributed by atoms with E-state index in [-0.39, 0.29) is 11.6 Å². The summed E-state index contributed by atoms with van der Waals surface area (Å²) in [6.45, 7) is 3.78. The minimum Gasteiger partial charge on any atom is -0.508 e. The molecule has 0 heterocycles. The van der Waals surface area contributed by atoms with Gasteiger partial charge in [-0.2, -0.15) is 0 Å². The molecule has 1 aromatic rings. The molecule has 2 nitrogen and oxygen atoms in total. The molecular formula is C16H24FNO. The third-order valence-corrected chi connectivity index (χ3v) is 4.33. The molecule has 0 amide bonds. The number of nitrogens with one attached hydrogen (secondary N) is 1. The molecule has 0 bridgehead atoms. The van der Waals surface area contributed by atoms with Gasteiger partial charge in [-0.05, 0) is 49.4 Å². The van der Waals surface area contributed by atoms with Gasteiger partial charge in [-0.3, -0.25) is 0 Å². The Morgan fingerprint density at radius 2 is 1.89 bits per heavy atom. The van der Waals surface area contributed by atoms with Crippen molar-refractivity contribution in [3.63, 3.8) is 0 Å². The lowest BCUT2D eigenvalue weighted by molar-refractivity contribution is 0.262. The molecule has 1 aliphatic carbocycles. The van der Waals surface area contributed by atoms with Crippen LogP contribution in [0.5, 0.6) is 5.75 Å². The fourth-order valence-electron chi connectivity index (χ4n) is 2.95. The first-order valence-corrected chi connectivity index (χ1v) is 7.37. The lowest BCUT2D eigenvalue weighted by atomic mass is 9.81. The predicted octanol–water partition coefficient (Wildman–Crippen LogP) is 3.84. The number of benzene rings is 1. The monoisotopic (exact) mass is 265 g/mol. The van der Waals surface area contributed by atoms with Crippen molar-refractivity contribution < 1.29 is 9.50 Å². The molecular weight excluding hydrogens is 241 g/mol. The van der Waals surface area contributed by atoms with E-state index in [4.69, 9.17) is 0 Å². The smallest absolute Gasteiger partial charge is 0.123 e. The lowest BCUT2D eigenvalue weighted by Crippen LogP contribution is -2.26. The van der Waals surface area contributed by atoms with Crippen LogP contribution in [0.4, 0.5) is 4.39 Å². The first-order chi connectivity index (χ1) is 9.19. The van der Waals surface area contributed by atoms with Crippen molar-refractivity contribution >= 4 is 0 Å². The third kappa shape index (κ3) is 4.20. The highest BCUT2D eigenvalue weighted by atomic mass is 19.1. The maximum atomic E-state index is 13.1. The van der Waals surface area contributed by atoms with Crippen molar-refractivity contribution in [2.75, 3.05) is 6.54 Å². The van der Waals surface area contributed by atoms with E-state index in [2.05, 4.69) is 12.2 Å². The second-order valence-corrected chi connectivity index (χ2v) is 5.70. The largest absolute Gasteiger partial charge is 0.508 e. The maximum absolute atomic E-state index is 13.1. The van der Waals surface area contributed by atoms with Crippen molar-refractivity contribution in [3.8, 4) is 5.75 Å². The maximum Gasteiger partial charge on any atom is 0.123 e. The van der Waals surface area contributed by atoms with E-state index in [9.17, 15) is 9.50 Å². The molecule has 19 heavy (non-hydrogen) atoms. The fraction of sp³-hybridized carbons (Fsp3) is 0.625. The Morgan fingerprint density at radius 3 is 2.58 bits per heavy atom. The quantitative estimate of drug-likeness (QED) is 0.848. The van der Waals surface area contributed by atoms with Crippen LogP contribution in [0.2, 0.25) is 0 Å². The van der Waals surface area contributed by atoms with E-state index in [0.29, 0.717) is 12.1 Å². The fourth-order valence-corrected chi connectivity index (χ4v) is 2.95. The lowest BCUT2D eigenvalue weighted by Gasteiger charge is -2.28. The van der Waals surface area contributed by atoms with Gasteiger partial charge in [0.1, 0.15) is 11.6 Å². The summed E-state index contributed by atoms with van der Waals surface area (Å²) in [6.07, 6.45) is 6.57. The second-order valence-electron chi connectivity index (χ2n) is 5.70. The number of rotatable bonds is 5. The number of halogens is 1. The van der Waals surface area contributed by atoms with E-state index in [1.165, 1.54) is 50.3 Å². The van der Waals surface area contributed by atoms with Gasteiger partial charge < -0.3 is 10.4 Å². The summed E-state index contributed by atoms with van der Waals surface area (Å²) in [5, 5.41) is 13.0. The first kappa shape index (κ1) is 14.3. The van der Waals surface area contributed by atoms with Gasteiger partial charge in [-0.15, -0.1) is 0 Å². The van der Waals surface area contributed by atoms with Crippen LogP contribution in [0.1, 0.15) is 44.6 Å². The summed E-state index contributed by atoms with van der Waals surface area (Å²) in [6, 6.07) is 4.10. The van der Waals surface area contributed by atoms with Crippen molar-refractivity contribution in [2.24, 2.45) is 11.8 Å². The molecule has 0 saturated heterocycles. The average molecular weight is 265 g/mol. The number of phenols is 1. The molecule has 0 aromatic heterocycles. The summed E-state index contributed by atoms with van der Waals surface area (Å²) < 4.78 is 13.1. The zero-order valence-electron chi connectivity index (χ0n) is 11.7. The zero-order chi connectivity index (χ0) is 13.7. The van der Waals surface area contributed by atoms with Gasteiger partial charge in [-0.25, -0.2) is 4.39 Å². The first-order valence-electron chi connectivity index (χ1n) is 7.37. The van der Waals surface area contributed by atoms with Crippen LogP contribution in [0, 0.1) is 17.7 Å². The Balaban J connectivity index is 1.73. The second kappa shape index (κ2) is 6.90. The van der Waals surface area contributed by atoms with Gasteiger partial charge >= 0.3 is 0 Å². The Labute approximate surface area is 115 Å². The molecule has 2 N–H and O–H groups in total. The van der Waals surface area contributed by atoms with Crippen LogP contribution in [-0.4, -0.2) is 11.7 Å². The molecule has 0 unspecified atom stereocenters. The standard InChI is InChI=1S/C16H24FNO/c1-2-12-3-5-13(6-4-12)10-18-11-14-9-15(17)7-8-16(14)19/h7-9,12-13,18-19H,2-6,10-11H2,1H3. The molecule has 0 atom stereocenters. The van der Waals surface area contributed by atoms with E-state index in [0.717, 1.165) is 18.4 Å². The predicted molar refractivity (Wildman–Crippen MR) is 75.5 cm³/mol. The van der Waals surface area contributed by atoms with Gasteiger partial charge in [0.2, 0.25) is 0 Å². The topological polar surface area (TPSA) is 32.3 Å². The van der Waals surface area contributed by atoms with E-state index in [1.54, 1.807) is 0 Å². The van der Waals surface area contributed by atoms with Gasteiger partial charge in [-0.1, -0.05) is 26.2 Å². The summed E-state index contributed by atoms with van der Waals surface area (Å²) in [4.78, 5) is 0. The average Bonchev–Trinajstić information content (AvgIpc) is 2.43. The van der Waals surface area contributed by atoms with E-state index >= 15 is 0 Å². The number of phenolic OH excluding ortho intramolecular Hbond substituents is 1. The third-order valence-electron chi connectivity index (χ3n) is 4.33. The minimum atomic E-state index is -0.293. The molecule has 3 heteroatoms. The SMILES string of the molecule is CCC1CCC(CNCc2cc(F)ccc2O)CC1. The normalized spacial score (nSPS) is 23.5. The Bertz CT molecular complexity index is 400. The van der Waals surface area contributed by atoms with Crippen LogP contribution in [-0.2, 0) is 6.54 Å². The molecule has 0 radical (unpaired) electrons. The molecule has 106 valence electrons. The molecule has 0 spiro atoms. The summed E-state index contributed by atoms with van der Waals surface area (Å²) >= 11 is 0. The van der Waals surface area contributed by atoms with Crippen molar-refractivity contribution in [2.45, 2.75) is 45.6 Å². The van der Waals surface area contributed by atoms with Crippen LogP contribution in [0.3, 0.4) is 0 Å². The van der Waals surface area contributed by atoms with Crippen LogP contribution < -0.4 is 5.32 Å². The molecule has 1 aromatic carbocycles. The van der Waals surface area contributed by atoms with Crippen LogP contribution >= 0.6 is 0 Å². The number of hydrogen-bond acceptors (Lipinski definition) is 2. The van der Waals surface area contributed by atoms with Crippen LogP contribution in [0.25, 0.3) is 0 Å². The summed E-state index contributed by atoms with van der Waals surface area (Å²) in [5.74, 6) is 1.53. The number of hydrogen-bond donors (Lipinski definition) is 2. The van der Waals surface area contributed by atoms with Crippen LogP contribution in [0.15, 0.2) is 18.2 Å². The molecule has 1 saturated carbocycles. The van der Waals surface area contributed by atoms with Gasteiger partial charge in [0.15, 0.2) is 0 Å². The van der Waals surface area contributed by atoms with E-state index in [1.807, 2.05) is 0 Å². The van der Waals surface area contributed by atoms with Gasteiger partial charge in [0.05, 0.1) is 0 Å². The van der Waals surface area contributed by atoms with Crippen molar-refractivity contribution in [1.29, 1.82) is 0 Å². The van der Waals surface area contributed by atoms with E-state index < -0.39 is 0 Å². The highest BCUT2D eigenvalue weighted by molar-refractivity contribution is 5.32. The molecule has 1 fully saturated rings. The van der Waals surface area contributed by atoms with Crippen molar-refractivity contribution in [3.05, 3.63) is 29.6 Å². The van der Waals surface area contributed by atoms with Gasteiger partial charge in [0.25, 0.3) is 0 Å². The van der Waals surface area contributed by atoms with Gasteiger partial charge in [0, 0.05) is 12.1 Å². The summed E-state index contributed by atoms with van der Waals surface area (Å²) in [7, 11) is 0. The minimum absolute atomic E-state index is 0.170. The number of aromatic hydroxyl groups is 1. The highest BCUT2D eigenvalue weighted by Gasteiger charge is 2.19. The Hall–Kier alpha value is -1.09. The highest BCUT2D eigenvalue weighted by Crippen LogP contribution is 2.30. The zero-order valence-corrected chi connectivity index (χ0v) is 11.7. The Morgan fingerprint density at radius 1 is 1.21 bits per heavy atom.